The van der Waals surface area contributed by atoms with E-state index in [1.165, 1.54) is 54.4 Å². The van der Waals surface area contributed by atoms with Gasteiger partial charge in [0.1, 0.15) is 0 Å². The van der Waals surface area contributed by atoms with Gasteiger partial charge in [-0.25, -0.2) is 0 Å². The summed E-state index contributed by atoms with van der Waals surface area (Å²) in [5, 5.41) is 11.8. The maximum Gasteiger partial charge on any atom is 0.230 e. The predicted molar refractivity (Wildman–Crippen MR) is 101 cm³/mol. The van der Waals surface area contributed by atoms with Gasteiger partial charge >= 0.3 is 0 Å². The van der Waals surface area contributed by atoms with Crippen molar-refractivity contribution in [2.75, 3.05) is 17.2 Å². The molecular formula is C17H24N4O2S2. The Morgan fingerprint density at radius 3 is 2.88 bits per heavy atom. The van der Waals surface area contributed by atoms with Gasteiger partial charge < -0.3 is 5.32 Å². The molecule has 1 heterocycles. The number of thioether (sulfide) groups is 1. The first kappa shape index (κ1) is 18.4. The second kappa shape index (κ2) is 8.80. The monoisotopic (exact) mass is 380 g/mol. The highest BCUT2D eigenvalue weighted by molar-refractivity contribution is 8.01. The number of aromatic nitrogens is 2. The standard InChI is InChI=1S/C17H24N4O2S2/c1-12(22)21(14-7-8-14)16-19-20-17(25-16)24-11-15(23)18-10-9-13-5-3-2-4-6-13/h5,14H,2-4,6-11H2,1H3,(H,18,23). The molecule has 2 amide bonds. The Morgan fingerprint density at radius 2 is 2.20 bits per heavy atom. The molecule has 0 radical (unpaired) electrons. The van der Waals surface area contributed by atoms with E-state index >= 15 is 0 Å². The van der Waals surface area contributed by atoms with Gasteiger partial charge in [-0.15, -0.1) is 10.2 Å². The van der Waals surface area contributed by atoms with Crippen LogP contribution in [-0.2, 0) is 9.59 Å². The smallest absolute Gasteiger partial charge is 0.230 e. The van der Waals surface area contributed by atoms with Crippen LogP contribution >= 0.6 is 23.1 Å². The number of hydrogen-bond donors (Lipinski definition) is 1. The molecule has 0 aliphatic heterocycles. The van der Waals surface area contributed by atoms with E-state index in [-0.39, 0.29) is 17.9 Å². The summed E-state index contributed by atoms with van der Waals surface area (Å²) < 4.78 is 0.729. The summed E-state index contributed by atoms with van der Waals surface area (Å²) in [6.07, 6.45) is 10.2. The van der Waals surface area contributed by atoms with Crippen LogP contribution in [0, 0.1) is 0 Å². The lowest BCUT2D eigenvalue weighted by Crippen LogP contribution is -2.30. The molecule has 8 heteroatoms. The fourth-order valence-electron chi connectivity index (χ4n) is 2.91. The molecule has 0 unspecified atom stereocenters. The first-order chi connectivity index (χ1) is 12.1. The predicted octanol–water partition coefficient (Wildman–Crippen LogP) is 3.15. The third-order valence-corrected chi connectivity index (χ3v) is 6.39. The average Bonchev–Trinajstić information content (AvgIpc) is 3.31. The van der Waals surface area contributed by atoms with Crippen LogP contribution in [-0.4, -0.2) is 40.4 Å². The molecule has 1 N–H and O–H groups in total. The van der Waals surface area contributed by atoms with Crippen LogP contribution in [0.25, 0.3) is 0 Å². The van der Waals surface area contributed by atoms with Gasteiger partial charge in [-0.1, -0.05) is 34.7 Å². The number of carbonyl (C=O) groups excluding carboxylic acids is 2. The third kappa shape index (κ3) is 5.54. The van der Waals surface area contributed by atoms with Crippen LogP contribution in [0.15, 0.2) is 16.0 Å². The summed E-state index contributed by atoms with van der Waals surface area (Å²) >= 11 is 2.76. The number of hydrogen-bond acceptors (Lipinski definition) is 6. The normalized spacial score (nSPS) is 17.1. The Balaban J connectivity index is 1.40. The van der Waals surface area contributed by atoms with Crippen LogP contribution in [0.3, 0.4) is 0 Å². The molecule has 1 aromatic rings. The van der Waals surface area contributed by atoms with Crippen LogP contribution < -0.4 is 10.2 Å². The zero-order valence-corrected chi connectivity index (χ0v) is 16.1. The molecule has 0 saturated heterocycles. The molecule has 1 saturated carbocycles. The van der Waals surface area contributed by atoms with Gasteiger partial charge in [0.25, 0.3) is 0 Å². The highest BCUT2D eigenvalue weighted by Gasteiger charge is 2.34. The van der Waals surface area contributed by atoms with E-state index in [0.29, 0.717) is 17.4 Å². The fraction of sp³-hybridized carbons (Fsp3) is 0.647. The number of carbonyl (C=O) groups is 2. The average molecular weight is 381 g/mol. The van der Waals surface area contributed by atoms with Gasteiger partial charge in [0, 0.05) is 19.5 Å². The van der Waals surface area contributed by atoms with Crippen molar-refractivity contribution < 1.29 is 9.59 Å². The molecule has 0 atom stereocenters. The van der Waals surface area contributed by atoms with E-state index in [2.05, 4.69) is 21.6 Å². The highest BCUT2D eigenvalue weighted by atomic mass is 32.2. The van der Waals surface area contributed by atoms with Crippen LogP contribution in [0.4, 0.5) is 5.13 Å². The Morgan fingerprint density at radius 1 is 1.36 bits per heavy atom. The molecule has 6 nitrogen and oxygen atoms in total. The van der Waals surface area contributed by atoms with Crippen LogP contribution in [0.2, 0.25) is 0 Å². The van der Waals surface area contributed by atoms with E-state index in [1.54, 1.807) is 11.8 Å². The maximum absolute atomic E-state index is 12.0. The lowest BCUT2D eigenvalue weighted by atomic mass is 9.97. The fourth-order valence-corrected chi connectivity index (χ4v) is 4.70. The molecule has 2 aliphatic carbocycles. The third-order valence-electron chi connectivity index (χ3n) is 4.33. The Labute approximate surface area is 156 Å². The van der Waals surface area contributed by atoms with Crippen molar-refractivity contribution in [3.8, 4) is 0 Å². The summed E-state index contributed by atoms with van der Waals surface area (Å²) in [7, 11) is 0. The minimum Gasteiger partial charge on any atom is -0.355 e. The summed E-state index contributed by atoms with van der Waals surface area (Å²) in [6.45, 7) is 2.26. The van der Waals surface area contributed by atoms with Crippen molar-refractivity contribution in [3.63, 3.8) is 0 Å². The van der Waals surface area contributed by atoms with Crippen molar-refractivity contribution in [2.45, 2.75) is 62.3 Å². The SMILES string of the molecule is CC(=O)N(c1nnc(SCC(=O)NCCC2=CCCCC2)s1)C1CC1. The second-order valence-electron chi connectivity index (χ2n) is 6.47. The highest BCUT2D eigenvalue weighted by Crippen LogP contribution is 2.35. The minimum atomic E-state index is 0.00459. The molecule has 1 fully saturated rings. The van der Waals surface area contributed by atoms with Gasteiger partial charge in [0.15, 0.2) is 4.34 Å². The van der Waals surface area contributed by atoms with Gasteiger partial charge in [-0.3, -0.25) is 14.5 Å². The van der Waals surface area contributed by atoms with Crippen molar-refractivity contribution >= 4 is 40.0 Å². The topological polar surface area (TPSA) is 75.2 Å². The molecule has 0 aromatic carbocycles. The van der Waals surface area contributed by atoms with Gasteiger partial charge in [-0.05, 0) is 44.9 Å². The number of allylic oxidation sites excluding steroid dienone is 1. The van der Waals surface area contributed by atoms with Crippen molar-refractivity contribution in [3.05, 3.63) is 11.6 Å². The molecular weight excluding hydrogens is 356 g/mol. The molecule has 25 heavy (non-hydrogen) atoms. The van der Waals surface area contributed by atoms with E-state index in [9.17, 15) is 9.59 Å². The van der Waals surface area contributed by atoms with E-state index in [4.69, 9.17) is 0 Å². The molecule has 0 bridgehead atoms. The van der Waals surface area contributed by atoms with E-state index < -0.39 is 0 Å². The molecule has 136 valence electrons. The van der Waals surface area contributed by atoms with Crippen molar-refractivity contribution in [2.24, 2.45) is 0 Å². The lowest BCUT2D eigenvalue weighted by molar-refractivity contribution is -0.118. The van der Waals surface area contributed by atoms with Gasteiger partial charge in [0.05, 0.1) is 5.75 Å². The number of nitrogens with one attached hydrogen (secondary N) is 1. The number of anilines is 1. The number of amides is 2. The molecule has 3 rings (SSSR count). The quantitative estimate of drug-likeness (QED) is 0.426. The van der Waals surface area contributed by atoms with E-state index in [1.807, 2.05) is 0 Å². The van der Waals surface area contributed by atoms with Gasteiger partial charge in [0.2, 0.25) is 16.9 Å². The summed E-state index contributed by atoms with van der Waals surface area (Å²) in [5.41, 5.74) is 1.47. The molecule has 0 spiro atoms. The van der Waals surface area contributed by atoms with Crippen LogP contribution in [0.1, 0.15) is 51.9 Å². The second-order valence-corrected chi connectivity index (χ2v) is 8.65. The summed E-state index contributed by atoms with van der Waals surface area (Å²) in [6, 6.07) is 0.278. The largest absolute Gasteiger partial charge is 0.355 e. The Kier molecular flexibility index (Phi) is 6.47. The lowest BCUT2D eigenvalue weighted by Gasteiger charge is -2.15. The first-order valence-corrected chi connectivity index (χ1v) is 10.6. The van der Waals surface area contributed by atoms with Gasteiger partial charge in [-0.2, -0.15) is 0 Å². The maximum atomic E-state index is 12.0. The Bertz CT molecular complexity index is 655. The Hall–Kier alpha value is -1.41. The zero-order chi connectivity index (χ0) is 17.6. The summed E-state index contributed by atoms with van der Waals surface area (Å²) in [4.78, 5) is 25.4. The number of rotatable bonds is 8. The number of nitrogens with zero attached hydrogens (tertiary/aromatic N) is 3. The van der Waals surface area contributed by atoms with E-state index in [0.717, 1.165) is 23.6 Å². The van der Waals surface area contributed by atoms with Crippen LogP contribution in [0.5, 0.6) is 0 Å². The van der Waals surface area contributed by atoms with Crippen molar-refractivity contribution in [1.82, 2.24) is 15.5 Å². The minimum absolute atomic E-state index is 0.00459. The molecule has 2 aliphatic rings. The van der Waals surface area contributed by atoms with Crippen molar-refractivity contribution in [1.29, 1.82) is 0 Å². The summed E-state index contributed by atoms with van der Waals surface area (Å²) in [5.74, 6) is 0.353. The molecule has 1 aromatic heterocycles. The zero-order valence-electron chi connectivity index (χ0n) is 14.5. The first-order valence-electron chi connectivity index (χ1n) is 8.84.